The zero-order valence-electron chi connectivity index (χ0n) is 11.2. The van der Waals surface area contributed by atoms with Crippen LogP contribution in [0.3, 0.4) is 0 Å². The maximum Gasteiger partial charge on any atom is 0.128 e. The maximum absolute atomic E-state index is 13.6. The van der Waals surface area contributed by atoms with Crippen LogP contribution in [0.15, 0.2) is 18.2 Å². The topological polar surface area (TPSA) is 45.0 Å². The summed E-state index contributed by atoms with van der Waals surface area (Å²) in [6.07, 6.45) is 4.60. The number of likely N-dealkylation sites (N-methyl/N-ethyl adjacent to an activating group) is 1. The molecule has 0 heterocycles. The fourth-order valence-electron chi connectivity index (χ4n) is 2.58. The predicted molar refractivity (Wildman–Crippen MR) is 71.0 cm³/mol. The molecule has 2 rings (SSSR count). The van der Waals surface area contributed by atoms with E-state index in [-0.39, 0.29) is 18.5 Å². The van der Waals surface area contributed by atoms with Crippen molar-refractivity contribution in [3.8, 4) is 6.07 Å². The lowest BCUT2D eigenvalue weighted by atomic mass is 9.92. The van der Waals surface area contributed by atoms with Crippen molar-refractivity contribution >= 4 is 0 Å². The molecular weight excluding hydrogens is 243 g/mol. The van der Waals surface area contributed by atoms with Crippen LogP contribution in [0.5, 0.6) is 0 Å². The maximum atomic E-state index is 13.6. The molecule has 0 aliphatic heterocycles. The molecule has 0 saturated heterocycles. The largest absolute Gasteiger partial charge is 0.372 e. The summed E-state index contributed by atoms with van der Waals surface area (Å²) < 4.78 is 19.5. The summed E-state index contributed by atoms with van der Waals surface area (Å²) in [5.41, 5.74) is 0.924. The number of hydrogen-bond donors (Lipinski definition) is 1. The molecule has 0 radical (unpaired) electrons. The zero-order valence-corrected chi connectivity index (χ0v) is 11.2. The molecule has 1 aromatic carbocycles. The fourth-order valence-corrected chi connectivity index (χ4v) is 2.58. The smallest absolute Gasteiger partial charge is 0.128 e. The van der Waals surface area contributed by atoms with Crippen molar-refractivity contribution in [2.24, 2.45) is 0 Å². The molecule has 0 spiro atoms. The number of nitrogens with one attached hydrogen (secondary N) is 1. The molecule has 1 N–H and O–H groups in total. The lowest BCUT2D eigenvalue weighted by Gasteiger charge is -2.31. The van der Waals surface area contributed by atoms with Gasteiger partial charge in [-0.25, -0.2) is 4.39 Å². The molecule has 1 aliphatic rings. The SMILES string of the molecule is CNC1CCCCC1OCc1cc(C#N)ccc1F. The van der Waals surface area contributed by atoms with Gasteiger partial charge in [0.1, 0.15) is 5.82 Å². The van der Waals surface area contributed by atoms with E-state index in [4.69, 9.17) is 10.00 Å². The first kappa shape index (κ1) is 14.0. The Morgan fingerprint density at radius 1 is 1.42 bits per heavy atom. The molecule has 1 fully saturated rings. The molecule has 102 valence electrons. The van der Waals surface area contributed by atoms with E-state index in [1.54, 1.807) is 6.07 Å². The molecule has 1 aromatic rings. The van der Waals surface area contributed by atoms with Gasteiger partial charge in [-0.1, -0.05) is 12.8 Å². The zero-order chi connectivity index (χ0) is 13.7. The quantitative estimate of drug-likeness (QED) is 0.907. The second-order valence-electron chi connectivity index (χ2n) is 4.95. The Morgan fingerprint density at radius 2 is 2.21 bits per heavy atom. The Morgan fingerprint density at radius 3 is 2.95 bits per heavy atom. The Bertz CT molecular complexity index is 470. The summed E-state index contributed by atoms with van der Waals surface area (Å²) in [7, 11) is 1.93. The minimum atomic E-state index is -0.309. The summed E-state index contributed by atoms with van der Waals surface area (Å²) in [6, 6.07) is 6.73. The normalized spacial score (nSPS) is 23.0. The molecule has 3 nitrogen and oxygen atoms in total. The highest BCUT2D eigenvalue weighted by atomic mass is 19.1. The summed E-state index contributed by atoms with van der Waals surface area (Å²) in [5.74, 6) is -0.309. The highest BCUT2D eigenvalue weighted by Gasteiger charge is 2.24. The monoisotopic (exact) mass is 262 g/mol. The van der Waals surface area contributed by atoms with Crippen LogP contribution < -0.4 is 5.32 Å². The summed E-state index contributed by atoms with van der Waals surface area (Å²) >= 11 is 0. The fraction of sp³-hybridized carbons (Fsp3) is 0.533. The van der Waals surface area contributed by atoms with E-state index >= 15 is 0 Å². The van der Waals surface area contributed by atoms with Crippen LogP contribution in [0.1, 0.15) is 36.8 Å². The molecule has 0 bridgehead atoms. The van der Waals surface area contributed by atoms with E-state index in [1.165, 1.54) is 18.6 Å². The van der Waals surface area contributed by atoms with Crippen LogP contribution in [0.25, 0.3) is 0 Å². The van der Waals surface area contributed by atoms with Crippen LogP contribution in [-0.4, -0.2) is 19.2 Å². The lowest BCUT2D eigenvalue weighted by Crippen LogP contribution is -2.41. The third-order valence-electron chi connectivity index (χ3n) is 3.70. The van der Waals surface area contributed by atoms with Gasteiger partial charge >= 0.3 is 0 Å². The molecule has 1 aliphatic carbocycles. The third kappa shape index (κ3) is 3.52. The third-order valence-corrected chi connectivity index (χ3v) is 3.70. The van der Waals surface area contributed by atoms with Crippen molar-refractivity contribution in [2.45, 2.75) is 44.4 Å². The van der Waals surface area contributed by atoms with Gasteiger partial charge in [0.15, 0.2) is 0 Å². The van der Waals surface area contributed by atoms with Crippen LogP contribution in [0.4, 0.5) is 4.39 Å². The Kier molecular flexibility index (Phi) is 4.89. The van der Waals surface area contributed by atoms with E-state index in [9.17, 15) is 4.39 Å². The Hall–Kier alpha value is -1.44. The van der Waals surface area contributed by atoms with Gasteiger partial charge in [-0.2, -0.15) is 5.26 Å². The Balaban J connectivity index is 1.99. The van der Waals surface area contributed by atoms with Crippen LogP contribution in [-0.2, 0) is 11.3 Å². The predicted octanol–water partition coefficient (Wildman–Crippen LogP) is 2.74. The summed E-state index contributed by atoms with van der Waals surface area (Å²) in [5, 5.41) is 12.1. The van der Waals surface area contributed by atoms with E-state index in [2.05, 4.69) is 5.32 Å². The second-order valence-corrected chi connectivity index (χ2v) is 4.95. The molecule has 4 heteroatoms. The van der Waals surface area contributed by atoms with Gasteiger partial charge in [-0.05, 0) is 38.1 Å². The lowest BCUT2D eigenvalue weighted by molar-refractivity contribution is -0.00470. The second kappa shape index (κ2) is 6.65. The van der Waals surface area contributed by atoms with Gasteiger partial charge in [0.2, 0.25) is 0 Å². The molecule has 2 unspecified atom stereocenters. The number of nitrogens with zero attached hydrogens (tertiary/aromatic N) is 1. The van der Waals surface area contributed by atoms with Crippen LogP contribution >= 0.6 is 0 Å². The number of rotatable bonds is 4. The van der Waals surface area contributed by atoms with Crippen molar-refractivity contribution in [1.29, 1.82) is 5.26 Å². The van der Waals surface area contributed by atoms with Gasteiger partial charge in [0.25, 0.3) is 0 Å². The molecule has 0 aromatic heterocycles. The first-order valence-corrected chi connectivity index (χ1v) is 6.72. The summed E-state index contributed by atoms with van der Waals surface area (Å²) in [4.78, 5) is 0. The van der Waals surface area contributed by atoms with Gasteiger partial charge in [-0.15, -0.1) is 0 Å². The average Bonchev–Trinajstić information content (AvgIpc) is 2.46. The molecule has 19 heavy (non-hydrogen) atoms. The highest BCUT2D eigenvalue weighted by molar-refractivity contribution is 5.33. The van der Waals surface area contributed by atoms with E-state index in [0.717, 1.165) is 19.3 Å². The average molecular weight is 262 g/mol. The van der Waals surface area contributed by atoms with Crippen molar-refractivity contribution in [2.75, 3.05) is 7.05 Å². The molecule has 0 amide bonds. The van der Waals surface area contributed by atoms with Gasteiger partial charge < -0.3 is 10.1 Å². The van der Waals surface area contributed by atoms with Crippen molar-refractivity contribution in [1.82, 2.24) is 5.32 Å². The minimum absolute atomic E-state index is 0.129. The van der Waals surface area contributed by atoms with Crippen molar-refractivity contribution in [3.63, 3.8) is 0 Å². The molecular formula is C15H19FN2O. The van der Waals surface area contributed by atoms with Crippen LogP contribution in [0.2, 0.25) is 0 Å². The first-order valence-electron chi connectivity index (χ1n) is 6.72. The number of hydrogen-bond acceptors (Lipinski definition) is 3. The molecule has 1 saturated carbocycles. The van der Waals surface area contributed by atoms with Gasteiger partial charge in [0, 0.05) is 11.6 Å². The first-order chi connectivity index (χ1) is 9.24. The van der Waals surface area contributed by atoms with Gasteiger partial charge in [0.05, 0.1) is 24.3 Å². The van der Waals surface area contributed by atoms with E-state index < -0.39 is 0 Å². The number of benzene rings is 1. The van der Waals surface area contributed by atoms with Crippen molar-refractivity contribution < 1.29 is 9.13 Å². The van der Waals surface area contributed by atoms with Crippen molar-refractivity contribution in [3.05, 3.63) is 35.1 Å². The van der Waals surface area contributed by atoms with E-state index in [1.807, 2.05) is 13.1 Å². The standard InChI is InChI=1S/C15H19FN2O/c1-18-14-4-2-3-5-15(14)19-10-12-8-11(9-17)6-7-13(12)16/h6-8,14-15,18H,2-5,10H2,1H3. The Labute approximate surface area is 113 Å². The summed E-state index contributed by atoms with van der Waals surface area (Å²) in [6.45, 7) is 0.226. The number of halogens is 1. The minimum Gasteiger partial charge on any atom is -0.372 e. The van der Waals surface area contributed by atoms with E-state index in [0.29, 0.717) is 17.2 Å². The number of ether oxygens (including phenoxy) is 1. The highest BCUT2D eigenvalue weighted by Crippen LogP contribution is 2.22. The van der Waals surface area contributed by atoms with Gasteiger partial charge in [-0.3, -0.25) is 0 Å². The van der Waals surface area contributed by atoms with Crippen LogP contribution in [0, 0.1) is 17.1 Å². The number of nitriles is 1. The molecule has 2 atom stereocenters.